The van der Waals surface area contributed by atoms with Crippen LogP contribution in [0.15, 0.2) is 29.3 Å². The van der Waals surface area contributed by atoms with E-state index in [0.29, 0.717) is 13.2 Å². The number of methoxy groups -OCH3 is 1. The molecule has 0 aliphatic carbocycles. The van der Waals surface area contributed by atoms with Crippen molar-refractivity contribution in [2.24, 2.45) is 4.99 Å². The third-order valence-electron chi connectivity index (χ3n) is 3.32. The molecule has 0 bridgehead atoms. The van der Waals surface area contributed by atoms with Gasteiger partial charge < -0.3 is 20.1 Å². The number of nitrogens with zero attached hydrogens (tertiary/aromatic N) is 1. The summed E-state index contributed by atoms with van der Waals surface area (Å²) in [5.74, 6) is 1.59. The second-order valence-corrected chi connectivity index (χ2v) is 7.25. The molecule has 0 aliphatic rings. The minimum Gasteiger partial charge on any atom is -0.493 e. The topological polar surface area (TPSA) is 54.9 Å². The lowest BCUT2D eigenvalue weighted by Gasteiger charge is -2.23. The molecule has 0 aliphatic heterocycles. The van der Waals surface area contributed by atoms with Gasteiger partial charge in [-0.05, 0) is 32.2 Å². The van der Waals surface area contributed by atoms with Crippen LogP contribution in [0, 0.1) is 0 Å². The Morgan fingerprint density at radius 3 is 2.74 bits per heavy atom. The number of ether oxygens (including phenoxy) is 2. The molecule has 0 heterocycles. The summed E-state index contributed by atoms with van der Waals surface area (Å²) in [7, 11) is 3.47. The molecule has 0 spiro atoms. The summed E-state index contributed by atoms with van der Waals surface area (Å²) >= 11 is 1.83. The first-order valence-electron chi connectivity index (χ1n) is 7.75. The summed E-state index contributed by atoms with van der Waals surface area (Å²) in [6, 6.07) is 7.88. The molecular formula is C17H29N3O2S. The molecule has 6 heteroatoms. The number of nitrogens with one attached hydrogen (secondary N) is 2. The number of benzene rings is 1. The number of hydrogen-bond donors (Lipinski definition) is 2. The lowest BCUT2D eigenvalue weighted by Crippen LogP contribution is -2.39. The van der Waals surface area contributed by atoms with Gasteiger partial charge in [0, 0.05) is 50.2 Å². The smallest absolute Gasteiger partial charge is 0.195 e. The Kier molecular flexibility index (Phi) is 8.87. The quantitative estimate of drug-likeness (QED) is 0.411. The summed E-state index contributed by atoms with van der Waals surface area (Å²) in [5, 5.41) is 6.64. The minimum atomic E-state index is 0.157. The van der Waals surface area contributed by atoms with Crippen LogP contribution < -0.4 is 15.4 Å². The average Bonchev–Trinajstić information content (AvgIpc) is 2.56. The maximum Gasteiger partial charge on any atom is 0.195 e. The summed E-state index contributed by atoms with van der Waals surface area (Å²) in [6.45, 7) is 6.59. The van der Waals surface area contributed by atoms with E-state index in [2.05, 4.69) is 35.7 Å². The normalized spacial score (nSPS) is 12.1. The summed E-state index contributed by atoms with van der Waals surface area (Å²) in [4.78, 5) is 4.26. The molecule has 0 fully saturated rings. The van der Waals surface area contributed by atoms with Crippen LogP contribution in [-0.4, -0.2) is 50.9 Å². The first-order valence-corrected chi connectivity index (χ1v) is 8.98. The van der Waals surface area contributed by atoms with E-state index in [-0.39, 0.29) is 4.75 Å². The molecule has 5 nitrogen and oxygen atoms in total. The minimum absolute atomic E-state index is 0.157. The summed E-state index contributed by atoms with van der Waals surface area (Å²) in [6.07, 6.45) is 2.99. The zero-order valence-corrected chi connectivity index (χ0v) is 15.6. The maximum absolute atomic E-state index is 5.71. The summed E-state index contributed by atoms with van der Waals surface area (Å²) in [5.41, 5.74) is 0.948. The Morgan fingerprint density at radius 2 is 2.09 bits per heavy atom. The van der Waals surface area contributed by atoms with E-state index >= 15 is 0 Å². The molecule has 0 unspecified atom stereocenters. The van der Waals surface area contributed by atoms with Crippen LogP contribution >= 0.6 is 11.8 Å². The van der Waals surface area contributed by atoms with Crippen LogP contribution in [0.1, 0.15) is 20.3 Å². The maximum atomic E-state index is 5.71. The third kappa shape index (κ3) is 8.13. The Hall–Kier alpha value is -1.40. The van der Waals surface area contributed by atoms with E-state index in [1.807, 2.05) is 36.0 Å². The number of guanidine groups is 1. The molecule has 1 aromatic carbocycles. The second kappa shape index (κ2) is 10.4. The lowest BCUT2D eigenvalue weighted by molar-refractivity contribution is 0.172. The molecule has 130 valence electrons. The van der Waals surface area contributed by atoms with E-state index in [4.69, 9.17) is 9.47 Å². The lowest BCUT2D eigenvalue weighted by atomic mass is 10.2. The molecule has 23 heavy (non-hydrogen) atoms. The zero-order valence-electron chi connectivity index (χ0n) is 14.8. The molecule has 0 amide bonds. The van der Waals surface area contributed by atoms with Crippen LogP contribution in [0.3, 0.4) is 0 Å². The van der Waals surface area contributed by atoms with Gasteiger partial charge in [0.1, 0.15) is 5.75 Å². The SMILES string of the molecule is CN=C(NCC(C)(C)SC)Nc1cccc(OCCCOC)c1. The van der Waals surface area contributed by atoms with Crippen molar-refractivity contribution in [1.29, 1.82) is 0 Å². The second-order valence-electron chi connectivity index (χ2n) is 5.74. The fraction of sp³-hybridized carbons (Fsp3) is 0.588. The Labute approximate surface area is 144 Å². The standard InChI is InChI=1S/C17H29N3O2S/c1-17(2,23-5)13-19-16(18-3)20-14-8-6-9-15(12-14)22-11-7-10-21-4/h6,8-9,12H,7,10-11,13H2,1-5H3,(H2,18,19,20). The Morgan fingerprint density at radius 1 is 1.30 bits per heavy atom. The monoisotopic (exact) mass is 339 g/mol. The number of hydrogen-bond acceptors (Lipinski definition) is 4. The largest absolute Gasteiger partial charge is 0.493 e. The highest BCUT2D eigenvalue weighted by Crippen LogP contribution is 2.20. The van der Waals surface area contributed by atoms with Crippen molar-refractivity contribution in [2.75, 3.05) is 45.5 Å². The molecule has 0 atom stereocenters. The summed E-state index contributed by atoms with van der Waals surface area (Å²) < 4.78 is 10.9. The van der Waals surface area contributed by atoms with Crippen molar-refractivity contribution in [2.45, 2.75) is 25.0 Å². The van der Waals surface area contributed by atoms with E-state index in [1.165, 1.54) is 0 Å². The fourth-order valence-electron chi connectivity index (χ4n) is 1.74. The van der Waals surface area contributed by atoms with Gasteiger partial charge in [0.05, 0.1) is 6.61 Å². The van der Waals surface area contributed by atoms with Gasteiger partial charge in [0.2, 0.25) is 0 Å². The van der Waals surface area contributed by atoms with Gasteiger partial charge in [-0.25, -0.2) is 0 Å². The molecule has 0 radical (unpaired) electrons. The number of aliphatic imine (C=N–C) groups is 1. The Bertz CT molecular complexity index is 492. The van der Waals surface area contributed by atoms with Gasteiger partial charge in [0.25, 0.3) is 0 Å². The predicted molar refractivity (Wildman–Crippen MR) is 101 cm³/mol. The highest BCUT2D eigenvalue weighted by atomic mass is 32.2. The van der Waals surface area contributed by atoms with Gasteiger partial charge in [-0.3, -0.25) is 4.99 Å². The molecule has 0 saturated carbocycles. The van der Waals surface area contributed by atoms with Gasteiger partial charge in [-0.15, -0.1) is 0 Å². The van der Waals surface area contributed by atoms with Gasteiger partial charge in [0.15, 0.2) is 5.96 Å². The predicted octanol–water partition coefficient (Wildman–Crippen LogP) is 3.23. The van der Waals surface area contributed by atoms with Crippen molar-refractivity contribution >= 4 is 23.4 Å². The molecule has 2 N–H and O–H groups in total. The molecule has 1 rings (SSSR count). The first kappa shape index (κ1) is 19.6. The van der Waals surface area contributed by atoms with Crippen LogP contribution in [-0.2, 0) is 4.74 Å². The van der Waals surface area contributed by atoms with E-state index in [0.717, 1.165) is 30.4 Å². The zero-order chi connectivity index (χ0) is 17.1. The molecular weight excluding hydrogens is 310 g/mol. The van der Waals surface area contributed by atoms with E-state index in [9.17, 15) is 0 Å². The van der Waals surface area contributed by atoms with E-state index in [1.54, 1.807) is 14.2 Å². The van der Waals surface area contributed by atoms with Crippen LogP contribution in [0.25, 0.3) is 0 Å². The van der Waals surface area contributed by atoms with Gasteiger partial charge >= 0.3 is 0 Å². The number of thioether (sulfide) groups is 1. The molecule has 0 saturated heterocycles. The third-order valence-corrected chi connectivity index (χ3v) is 4.57. The Balaban J connectivity index is 2.54. The van der Waals surface area contributed by atoms with Gasteiger partial charge in [-0.1, -0.05) is 6.07 Å². The highest BCUT2D eigenvalue weighted by molar-refractivity contribution is 7.99. The average molecular weight is 340 g/mol. The van der Waals surface area contributed by atoms with E-state index < -0.39 is 0 Å². The molecule has 1 aromatic rings. The fourth-order valence-corrected chi connectivity index (χ4v) is 1.96. The highest BCUT2D eigenvalue weighted by Gasteiger charge is 2.16. The van der Waals surface area contributed by atoms with Crippen molar-refractivity contribution < 1.29 is 9.47 Å². The van der Waals surface area contributed by atoms with Crippen LogP contribution in [0.2, 0.25) is 0 Å². The number of anilines is 1. The molecule has 0 aromatic heterocycles. The van der Waals surface area contributed by atoms with Gasteiger partial charge in [-0.2, -0.15) is 11.8 Å². The van der Waals surface area contributed by atoms with Crippen molar-refractivity contribution in [3.63, 3.8) is 0 Å². The van der Waals surface area contributed by atoms with Crippen LogP contribution in [0.5, 0.6) is 5.75 Å². The van der Waals surface area contributed by atoms with Crippen LogP contribution in [0.4, 0.5) is 5.69 Å². The van der Waals surface area contributed by atoms with Crippen molar-refractivity contribution in [3.05, 3.63) is 24.3 Å². The number of rotatable bonds is 9. The van der Waals surface area contributed by atoms with Crippen molar-refractivity contribution in [1.82, 2.24) is 5.32 Å². The van der Waals surface area contributed by atoms with Crippen molar-refractivity contribution in [3.8, 4) is 5.75 Å². The first-order chi connectivity index (χ1) is 11.0.